The summed E-state index contributed by atoms with van der Waals surface area (Å²) in [7, 11) is -3.62. The normalized spacial score (nSPS) is 14.4. The van der Waals surface area contributed by atoms with Crippen molar-refractivity contribution >= 4 is 38.6 Å². The Balaban J connectivity index is 1.51. The highest BCUT2D eigenvalue weighted by Gasteiger charge is 2.25. The number of nitrogens with zero attached hydrogens (tertiary/aromatic N) is 2. The minimum atomic E-state index is -3.62. The number of carbonyl (C=O) groups excluding carboxylic acids is 1. The third kappa shape index (κ3) is 4.34. The van der Waals surface area contributed by atoms with Gasteiger partial charge in [0.15, 0.2) is 0 Å². The summed E-state index contributed by atoms with van der Waals surface area (Å²) >= 11 is 2.49. The predicted octanol–water partition coefficient (Wildman–Crippen LogP) is 4.20. The fourth-order valence-electron chi connectivity index (χ4n) is 3.40. The van der Waals surface area contributed by atoms with E-state index < -0.39 is 10.0 Å². The van der Waals surface area contributed by atoms with Crippen molar-refractivity contribution in [3.05, 3.63) is 57.4 Å². The Kier molecular flexibility index (Phi) is 6.06. The highest BCUT2D eigenvalue weighted by molar-refractivity contribution is 7.91. The molecule has 3 aromatic rings. The molecule has 6 nitrogen and oxygen atoms in total. The minimum absolute atomic E-state index is 0.0247. The topological polar surface area (TPSA) is 79.4 Å². The van der Waals surface area contributed by atoms with E-state index in [2.05, 4.69) is 9.71 Å². The summed E-state index contributed by atoms with van der Waals surface area (Å²) in [6.07, 6.45) is 2.08. The van der Waals surface area contributed by atoms with Gasteiger partial charge < -0.3 is 4.90 Å². The van der Waals surface area contributed by atoms with Gasteiger partial charge in [-0.15, -0.1) is 22.7 Å². The van der Waals surface area contributed by atoms with Crippen LogP contribution in [0.1, 0.15) is 39.3 Å². The van der Waals surface area contributed by atoms with E-state index >= 15 is 0 Å². The Morgan fingerprint density at radius 1 is 1.20 bits per heavy atom. The number of aromatic nitrogens is 1. The number of nitrogens with one attached hydrogen (secondary N) is 1. The fourth-order valence-corrected chi connectivity index (χ4v) is 6.72. The molecule has 30 heavy (non-hydrogen) atoms. The zero-order valence-electron chi connectivity index (χ0n) is 16.8. The van der Waals surface area contributed by atoms with E-state index in [1.165, 1.54) is 11.3 Å². The highest BCUT2D eigenvalue weighted by atomic mass is 32.2. The van der Waals surface area contributed by atoms with Crippen LogP contribution in [-0.4, -0.2) is 37.3 Å². The van der Waals surface area contributed by atoms with E-state index in [0.717, 1.165) is 54.0 Å². The summed E-state index contributed by atoms with van der Waals surface area (Å²) in [5.41, 5.74) is 3.41. The van der Waals surface area contributed by atoms with Crippen molar-refractivity contribution in [2.75, 3.05) is 13.1 Å². The van der Waals surface area contributed by atoms with Crippen molar-refractivity contribution in [2.45, 2.75) is 37.4 Å². The van der Waals surface area contributed by atoms with Crippen LogP contribution in [0.5, 0.6) is 0 Å². The summed E-state index contributed by atoms with van der Waals surface area (Å²) < 4.78 is 28.4. The number of hydrogen-bond donors (Lipinski definition) is 1. The number of carbonyl (C=O) groups is 1. The third-order valence-electron chi connectivity index (χ3n) is 5.19. The Morgan fingerprint density at radius 3 is 2.67 bits per heavy atom. The van der Waals surface area contributed by atoms with Crippen molar-refractivity contribution in [1.82, 2.24) is 14.6 Å². The van der Waals surface area contributed by atoms with Crippen molar-refractivity contribution in [3.63, 3.8) is 0 Å². The lowest BCUT2D eigenvalue weighted by molar-refractivity contribution is 0.0796. The van der Waals surface area contributed by atoms with E-state index in [1.54, 1.807) is 11.4 Å². The maximum atomic E-state index is 12.7. The lowest BCUT2D eigenvalue weighted by Gasteiger charge is -2.13. The molecule has 1 aliphatic heterocycles. The van der Waals surface area contributed by atoms with E-state index in [9.17, 15) is 13.2 Å². The summed E-state index contributed by atoms with van der Waals surface area (Å²) in [5.74, 6) is 0.0247. The van der Waals surface area contributed by atoms with E-state index in [4.69, 9.17) is 0 Å². The molecule has 9 heteroatoms. The Bertz CT molecular complexity index is 1180. The largest absolute Gasteiger partial charge is 0.338 e. The summed E-state index contributed by atoms with van der Waals surface area (Å²) in [6.45, 7) is 5.61. The SMILES string of the molecule is Cc1ccccc1CNS(=O)(=O)c1cc(-c2nc(C)c(C(=O)N3CCCC3)s2)cs1. The van der Waals surface area contributed by atoms with Crippen LogP contribution in [0.4, 0.5) is 0 Å². The number of likely N-dealkylation sites (tertiary alicyclic amines) is 1. The summed E-state index contributed by atoms with van der Waals surface area (Å²) in [4.78, 5) is 19.8. The van der Waals surface area contributed by atoms with Crippen LogP contribution in [0.15, 0.2) is 39.9 Å². The van der Waals surface area contributed by atoms with E-state index in [-0.39, 0.29) is 16.7 Å². The Morgan fingerprint density at radius 2 is 1.93 bits per heavy atom. The van der Waals surface area contributed by atoms with Gasteiger partial charge in [0.2, 0.25) is 10.0 Å². The molecular formula is C21H23N3O3S3. The van der Waals surface area contributed by atoms with Gasteiger partial charge in [0.1, 0.15) is 14.1 Å². The van der Waals surface area contributed by atoms with Crippen LogP contribution in [0.2, 0.25) is 0 Å². The lowest BCUT2D eigenvalue weighted by Crippen LogP contribution is -2.27. The molecule has 3 heterocycles. The van der Waals surface area contributed by atoms with Gasteiger partial charge in [-0.1, -0.05) is 24.3 Å². The van der Waals surface area contributed by atoms with Gasteiger partial charge in [-0.05, 0) is 43.9 Å². The molecule has 1 amide bonds. The molecule has 1 aliphatic rings. The van der Waals surface area contributed by atoms with Crippen LogP contribution < -0.4 is 4.72 Å². The van der Waals surface area contributed by atoms with Gasteiger partial charge in [-0.25, -0.2) is 18.1 Å². The number of amides is 1. The second kappa shape index (κ2) is 8.58. The Labute approximate surface area is 184 Å². The molecule has 0 aliphatic carbocycles. The number of benzene rings is 1. The highest BCUT2D eigenvalue weighted by Crippen LogP contribution is 2.33. The smallest absolute Gasteiger partial charge is 0.265 e. The van der Waals surface area contributed by atoms with Gasteiger partial charge >= 0.3 is 0 Å². The zero-order chi connectivity index (χ0) is 21.3. The molecule has 1 aromatic carbocycles. The van der Waals surface area contributed by atoms with Crippen LogP contribution >= 0.6 is 22.7 Å². The van der Waals surface area contributed by atoms with E-state index in [1.807, 2.05) is 43.0 Å². The van der Waals surface area contributed by atoms with Gasteiger partial charge in [-0.3, -0.25) is 4.79 Å². The molecule has 0 saturated carbocycles. The maximum Gasteiger partial charge on any atom is 0.265 e. The molecule has 158 valence electrons. The first-order valence-corrected chi connectivity index (χ1v) is 12.9. The average Bonchev–Trinajstić information content (AvgIpc) is 3.47. The molecule has 0 spiro atoms. The standard InChI is InChI=1S/C21H23N3O3S3/c1-14-7-3-4-8-16(14)12-22-30(26,27)18-11-17(13-28-18)20-23-15(2)19(29-20)21(25)24-9-5-6-10-24/h3-4,7-8,11,13,22H,5-6,9-10,12H2,1-2H3. The third-order valence-corrected chi connectivity index (χ3v) is 9.22. The number of sulfonamides is 1. The molecule has 0 radical (unpaired) electrons. The molecule has 0 unspecified atom stereocenters. The second-order valence-corrected chi connectivity index (χ2v) is 11.2. The van der Waals surface area contributed by atoms with Crippen LogP contribution in [0.25, 0.3) is 10.6 Å². The quantitative estimate of drug-likeness (QED) is 0.597. The van der Waals surface area contributed by atoms with E-state index in [0.29, 0.717) is 15.6 Å². The first-order chi connectivity index (χ1) is 14.3. The number of thiophene rings is 1. The van der Waals surface area contributed by atoms with Crippen LogP contribution in [0.3, 0.4) is 0 Å². The first-order valence-electron chi connectivity index (χ1n) is 9.75. The number of aryl methyl sites for hydroxylation is 2. The molecular weight excluding hydrogens is 438 g/mol. The molecule has 4 rings (SSSR count). The van der Waals surface area contributed by atoms with Crippen LogP contribution in [0, 0.1) is 13.8 Å². The van der Waals surface area contributed by atoms with Crippen molar-refractivity contribution in [3.8, 4) is 10.6 Å². The van der Waals surface area contributed by atoms with Crippen molar-refractivity contribution in [1.29, 1.82) is 0 Å². The lowest BCUT2D eigenvalue weighted by atomic mass is 10.1. The molecule has 0 bridgehead atoms. The number of thiazole rings is 1. The monoisotopic (exact) mass is 461 g/mol. The van der Waals surface area contributed by atoms with Crippen molar-refractivity contribution in [2.24, 2.45) is 0 Å². The number of rotatable bonds is 6. The van der Waals surface area contributed by atoms with Gasteiger partial charge in [-0.2, -0.15) is 0 Å². The minimum Gasteiger partial charge on any atom is -0.338 e. The summed E-state index contributed by atoms with van der Waals surface area (Å²) in [5, 5.41) is 2.46. The molecule has 1 N–H and O–H groups in total. The van der Waals surface area contributed by atoms with Gasteiger partial charge in [0.25, 0.3) is 5.91 Å². The average molecular weight is 462 g/mol. The second-order valence-electron chi connectivity index (χ2n) is 7.34. The maximum absolute atomic E-state index is 12.7. The van der Waals surface area contributed by atoms with Gasteiger partial charge in [0, 0.05) is 30.6 Å². The van der Waals surface area contributed by atoms with Crippen LogP contribution in [-0.2, 0) is 16.6 Å². The molecule has 2 aromatic heterocycles. The zero-order valence-corrected chi connectivity index (χ0v) is 19.3. The van der Waals surface area contributed by atoms with Crippen molar-refractivity contribution < 1.29 is 13.2 Å². The number of hydrogen-bond acceptors (Lipinski definition) is 6. The fraction of sp³-hybridized carbons (Fsp3) is 0.333. The molecule has 0 atom stereocenters. The molecule has 1 fully saturated rings. The van der Waals surface area contributed by atoms with Gasteiger partial charge in [0.05, 0.1) is 5.69 Å². The molecule has 1 saturated heterocycles. The summed E-state index contributed by atoms with van der Waals surface area (Å²) in [6, 6.07) is 9.32. The predicted molar refractivity (Wildman–Crippen MR) is 121 cm³/mol. The Hall–Kier alpha value is -2.07. The first kappa shape index (κ1) is 21.2.